The minimum absolute atomic E-state index is 0.0684. The molecule has 2 aliphatic heterocycles. The molecule has 2 saturated heterocycles. The predicted molar refractivity (Wildman–Crippen MR) is 326 cm³/mol. The highest BCUT2D eigenvalue weighted by Crippen LogP contribution is 2.44. The zero-order valence-corrected chi connectivity index (χ0v) is 49.0. The first kappa shape index (κ1) is 60.0. The molecule has 13 nitrogen and oxygen atoms in total. The number of hydrogen-bond acceptors (Lipinski definition) is 11. The van der Waals surface area contributed by atoms with Crippen LogP contribution in [0.3, 0.4) is 0 Å². The molecule has 0 saturated carbocycles. The molecule has 10 rings (SSSR count). The second kappa shape index (κ2) is 29.6. The summed E-state index contributed by atoms with van der Waals surface area (Å²) in [4.78, 5) is 3.22. The molecule has 84 heavy (non-hydrogen) atoms. The number of ether oxygens (including phenoxy) is 9. The summed E-state index contributed by atoms with van der Waals surface area (Å²) < 4.78 is 73.1. The molecule has 8 aromatic rings. The number of nitrogens with zero attached hydrogens (tertiary/aromatic N) is 3. The Morgan fingerprint density at radius 3 is 1.24 bits per heavy atom. The maximum atomic E-state index is 9.98. The lowest BCUT2D eigenvalue weighted by molar-refractivity contribution is -0.395. The first-order chi connectivity index (χ1) is 41.2. The Morgan fingerprint density at radius 2 is 0.821 bits per heavy atom. The summed E-state index contributed by atoms with van der Waals surface area (Å²) in [7, 11) is -3.21. The van der Waals surface area contributed by atoms with Crippen LogP contribution in [0.1, 0.15) is 54.2 Å². The van der Waals surface area contributed by atoms with E-state index in [1.165, 1.54) is 0 Å². The minimum Gasteiger partial charge on any atom is -0.405 e. The van der Waals surface area contributed by atoms with Crippen LogP contribution in [0.15, 0.2) is 248 Å². The van der Waals surface area contributed by atoms with E-state index in [-0.39, 0.29) is 64.4 Å². The van der Waals surface area contributed by atoms with Crippen LogP contribution < -0.4 is 10.4 Å². The fourth-order valence-electron chi connectivity index (χ4n) is 11.3. The van der Waals surface area contributed by atoms with Crippen molar-refractivity contribution < 1.29 is 47.1 Å². The van der Waals surface area contributed by atoms with E-state index in [0.29, 0.717) is 0 Å². The smallest absolute Gasteiger partial charge is 0.261 e. The van der Waals surface area contributed by atoms with Crippen molar-refractivity contribution in [2.45, 2.75) is 120 Å². The van der Waals surface area contributed by atoms with Gasteiger partial charge in [0, 0.05) is 4.91 Å². The average Bonchev–Trinajstić information content (AvgIpc) is 2.12. The van der Waals surface area contributed by atoms with Gasteiger partial charge in [-0.1, -0.05) is 269 Å². The summed E-state index contributed by atoms with van der Waals surface area (Å²) in [6.07, 6.45) is -7.66. The third kappa shape index (κ3) is 15.2. The first-order valence-corrected chi connectivity index (χ1v) is 30.8. The number of benzene rings is 8. The standard InChI is InChI=1S/C70H75N3O10Si/c1-69(2,3)84(59-40-24-10-25-41-59,60-42-26-11-27-43-60)80-51-62-64(76-47-55-32-16-6-17-33-55)67(79-50-58-38-22-9-23-39-58)70(82-62,52-74-45-53-28-12-4-13-29-53)83-68-66(78-49-57-36-20-8-21-37-57)65(77-48-56-34-18-7-19-35-56)63(61(81-68)44-72-73-71)75-46-54-30-14-5-15-31-54/h4-43,61-68H,44-52H2,1-3H3/t61-,62-,63-,64-,65+,66-,67+,68-,70+/m1/s1. The first-order valence-electron chi connectivity index (χ1n) is 28.9. The number of hydrogen-bond donors (Lipinski definition) is 0. The fourth-order valence-corrected chi connectivity index (χ4v) is 15.9. The van der Waals surface area contributed by atoms with E-state index in [4.69, 9.17) is 47.1 Å². The maximum Gasteiger partial charge on any atom is 0.261 e. The van der Waals surface area contributed by atoms with E-state index in [2.05, 4.69) is 79.3 Å². The molecule has 0 unspecified atom stereocenters. The molecular formula is C70H75N3O10Si. The molecule has 0 bridgehead atoms. The lowest BCUT2D eigenvalue weighted by atomic mass is 9.97. The Bertz CT molecular complexity index is 3190. The summed E-state index contributed by atoms with van der Waals surface area (Å²) >= 11 is 0. The van der Waals surface area contributed by atoms with Gasteiger partial charge in [0.25, 0.3) is 8.32 Å². The Labute approximate surface area is 495 Å². The molecule has 14 heteroatoms. The molecular weight excluding hydrogens is 1070 g/mol. The van der Waals surface area contributed by atoms with Crippen LogP contribution >= 0.6 is 0 Å². The summed E-state index contributed by atoms with van der Waals surface area (Å²) in [5.74, 6) is -1.83. The van der Waals surface area contributed by atoms with Crippen LogP contribution in [0.4, 0.5) is 0 Å². The van der Waals surface area contributed by atoms with Gasteiger partial charge in [0.15, 0.2) is 6.29 Å². The monoisotopic (exact) mass is 1150 g/mol. The van der Waals surface area contributed by atoms with Gasteiger partial charge < -0.3 is 47.1 Å². The van der Waals surface area contributed by atoms with Crippen LogP contribution in [-0.2, 0) is 86.7 Å². The zero-order chi connectivity index (χ0) is 57.9. The highest BCUT2D eigenvalue weighted by molar-refractivity contribution is 6.99. The van der Waals surface area contributed by atoms with E-state index in [1.54, 1.807) is 0 Å². The normalized spacial score (nSPS) is 22.5. The van der Waals surface area contributed by atoms with Gasteiger partial charge in [-0.3, -0.25) is 0 Å². The van der Waals surface area contributed by atoms with Crippen molar-refractivity contribution in [2.75, 3.05) is 19.8 Å². The van der Waals surface area contributed by atoms with Gasteiger partial charge in [-0.25, -0.2) is 0 Å². The quantitative estimate of drug-likeness (QED) is 0.0201. The third-order valence-corrected chi connectivity index (χ3v) is 20.4. The molecule has 0 aromatic heterocycles. The minimum atomic E-state index is -3.21. The van der Waals surface area contributed by atoms with Crippen LogP contribution in [0.25, 0.3) is 10.4 Å². The van der Waals surface area contributed by atoms with E-state index >= 15 is 0 Å². The van der Waals surface area contributed by atoms with Gasteiger partial charge in [0.1, 0.15) is 43.2 Å². The predicted octanol–water partition coefficient (Wildman–Crippen LogP) is 12.9. The average molecular weight is 1150 g/mol. The summed E-state index contributed by atoms with van der Waals surface area (Å²) in [5, 5.41) is 5.97. The lowest BCUT2D eigenvalue weighted by Crippen LogP contribution is -2.67. The topological polar surface area (TPSA) is 141 Å². The van der Waals surface area contributed by atoms with Gasteiger partial charge in [0.05, 0.1) is 58.9 Å². The Hall–Kier alpha value is -7.11. The van der Waals surface area contributed by atoms with Crippen molar-refractivity contribution in [3.05, 3.63) is 286 Å². The van der Waals surface area contributed by atoms with E-state index in [0.717, 1.165) is 43.8 Å². The number of azide groups is 1. The molecule has 0 aliphatic carbocycles. The molecule has 2 aliphatic rings. The largest absolute Gasteiger partial charge is 0.405 e. The van der Waals surface area contributed by atoms with Gasteiger partial charge in [-0.15, -0.1) is 0 Å². The van der Waals surface area contributed by atoms with Gasteiger partial charge in [0.2, 0.25) is 5.79 Å². The summed E-state index contributed by atoms with van der Waals surface area (Å²) in [6.45, 7) is 7.64. The van der Waals surface area contributed by atoms with Gasteiger partial charge in [-0.05, 0) is 54.3 Å². The number of rotatable bonds is 28. The van der Waals surface area contributed by atoms with E-state index in [1.807, 2.05) is 194 Å². The van der Waals surface area contributed by atoms with Crippen molar-refractivity contribution in [1.29, 1.82) is 0 Å². The Morgan fingerprint density at radius 1 is 0.452 bits per heavy atom. The lowest BCUT2D eigenvalue weighted by Gasteiger charge is -2.48. The molecule has 2 fully saturated rings. The molecule has 9 atom stereocenters. The van der Waals surface area contributed by atoms with Crippen molar-refractivity contribution in [1.82, 2.24) is 0 Å². The second-order valence-corrected chi connectivity index (χ2v) is 26.6. The Kier molecular flexibility index (Phi) is 21.2. The van der Waals surface area contributed by atoms with Crippen molar-refractivity contribution in [3.8, 4) is 0 Å². The SMILES string of the molecule is CC(C)(C)[Si](OC[C@H]1O[C@@](COCc2ccccc2)(O[C@H]2O[C@H](CN=[N+]=[N-])[C@@H](OCc3ccccc3)[C@H](OCc3ccccc3)[C@H]2OCc2ccccc2)[C@@H](OCc2ccccc2)[C@@H]1OCc1ccccc1)(c1ccccc1)c1ccccc1. The Balaban J connectivity index is 1.12. The maximum absolute atomic E-state index is 9.98. The molecule has 434 valence electrons. The van der Waals surface area contributed by atoms with Crippen LogP contribution in [0, 0.1) is 0 Å². The van der Waals surface area contributed by atoms with Crippen LogP contribution in [0.2, 0.25) is 5.04 Å². The molecule has 8 aromatic carbocycles. The highest BCUT2D eigenvalue weighted by Gasteiger charge is 2.63. The van der Waals surface area contributed by atoms with Gasteiger partial charge in [-0.2, -0.15) is 0 Å². The van der Waals surface area contributed by atoms with Crippen molar-refractivity contribution >= 4 is 18.7 Å². The van der Waals surface area contributed by atoms with Crippen molar-refractivity contribution in [3.63, 3.8) is 0 Å². The fraction of sp³-hybridized carbons (Fsp3) is 0.314. The summed E-state index contributed by atoms with van der Waals surface area (Å²) in [6, 6.07) is 80.9. The molecule has 0 spiro atoms. The highest BCUT2D eigenvalue weighted by atomic mass is 28.4. The van der Waals surface area contributed by atoms with Crippen LogP contribution in [-0.4, -0.2) is 82.9 Å². The van der Waals surface area contributed by atoms with E-state index < -0.39 is 63.1 Å². The molecule has 0 N–H and O–H groups in total. The molecule has 2 heterocycles. The zero-order valence-electron chi connectivity index (χ0n) is 48.0. The molecule has 0 amide bonds. The van der Waals surface area contributed by atoms with Crippen LogP contribution in [0.5, 0.6) is 0 Å². The third-order valence-electron chi connectivity index (χ3n) is 15.4. The van der Waals surface area contributed by atoms with Crippen molar-refractivity contribution in [2.24, 2.45) is 5.11 Å². The second-order valence-electron chi connectivity index (χ2n) is 22.3. The van der Waals surface area contributed by atoms with Gasteiger partial charge >= 0.3 is 0 Å². The molecule has 0 radical (unpaired) electrons. The summed E-state index contributed by atoms with van der Waals surface area (Å²) in [5.41, 5.74) is 15.6. The van der Waals surface area contributed by atoms with E-state index in [9.17, 15) is 5.53 Å².